The minimum Gasteiger partial charge on any atom is -0.468 e. The van der Waals surface area contributed by atoms with E-state index in [9.17, 15) is 18.0 Å². The predicted molar refractivity (Wildman–Crippen MR) is 138 cm³/mol. The fourth-order valence-corrected chi connectivity index (χ4v) is 4.85. The molecule has 3 heterocycles. The van der Waals surface area contributed by atoms with E-state index in [-0.39, 0.29) is 23.9 Å². The molecule has 1 aromatic carbocycles. The van der Waals surface area contributed by atoms with Gasteiger partial charge in [-0.25, -0.2) is 4.98 Å². The Morgan fingerprint density at radius 3 is 2.76 bits per heavy atom. The molecule has 3 N–H and O–H groups in total. The summed E-state index contributed by atoms with van der Waals surface area (Å²) < 4.78 is 48.2. The Morgan fingerprint density at radius 1 is 1.24 bits per heavy atom. The van der Waals surface area contributed by atoms with E-state index in [1.54, 1.807) is 25.2 Å². The van der Waals surface area contributed by atoms with E-state index in [1.165, 1.54) is 12.3 Å². The van der Waals surface area contributed by atoms with E-state index >= 15 is 0 Å². The molecule has 4 rings (SSSR count). The van der Waals surface area contributed by atoms with Gasteiger partial charge in [0.1, 0.15) is 0 Å². The Hall–Kier alpha value is -3.18. The van der Waals surface area contributed by atoms with Crippen LogP contribution >= 0.6 is 0 Å². The molecule has 38 heavy (non-hydrogen) atoms. The second-order valence-electron chi connectivity index (χ2n) is 9.69. The number of ether oxygens (including phenoxy) is 2. The summed E-state index contributed by atoms with van der Waals surface area (Å²) in [7, 11) is 1.76. The lowest BCUT2D eigenvalue weighted by Gasteiger charge is -2.31. The number of alkyl halides is 3. The fraction of sp³-hybridized carbons (Fsp3) is 0.519. The van der Waals surface area contributed by atoms with Crippen LogP contribution in [0.3, 0.4) is 0 Å². The SMILES string of the molecule is CNc1cc(C(=O)N[C@H]2CC[C@H](CCN3CCc4ccc(OCC(F)(F)F)nc4CC3)OC2)ccc1C=N. The van der Waals surface area contributed by atoms with Crippen molar-refractivity contribution in [3.63, 3.8) is 0 Å². The smallest absolute Gasteiger partial charge is 0.422 e. The van der Waals surface area contributed by atoms with Crippen LogP contribution in [0, 0.1) is 5.41 Å². The van der Waals surface area contributed by atoms with Crippen LogP contribution in [0.4, 0.5) is 18.9 Å². The second kappa shape index (κ2) is 12.6. The van der Waals surface area contributed by atoms with Gasteiger partial charge in [0, 0.05) is 67.9 Å². The number of aromatic nitrogens is 1. The molecule has 0 unspecified atom stereocenters. The van der Waals surface area contributed by atoms with Crippen LogP contribution in [0.15, 0.2) is 30.3 Å². The third-order valence-electron chi connectivity index (χ3n) is 7.00. The number of benzene rings is 1. The summed E-state index contributed by atoms with van der Waals surface area (Å²) >= 11 is 0. The number of rotatable bonds is 9. The molecule has 1 amide bonds. The molecule has 2 aliphatic heterocycles. The summed E-state index contributed by atoms with van der Waals surface area (Å²) in [5.41, 5.74) is 3.84. The molecule has 0 spiro atoms. The first-order chi connectivity index (χ1) is 18.2. The fourth-order valence-electron chi connectivity index (χ4n) is 4.85. The van der Waals surface area contributed by atoms with Crippen LogP contribution in [-0.4, -0.2) is 80.2 Å². The molecule has 0 saturated carbocycles. The Morgan fingerprint density at radius 2 is 2.05 bits per heavy atom. The van der Waals surface area contributed by atoms with Gasteiger partial charge in [0.2, 0.25) is 5.88 Å². The zero-order chi connectivity index (χ0) is 27.1. The number of carbonyl (C=O) groups is 1. The van der Waals surface area contributed by atoms with E-state index in [2.05, 4.69) is 20.5 Å². The van der Waals surface area contributed by atoms with E-state index in [1.807, 2.05) is 6.07 Å². The maximum absolute atomic E-state index is 12.7. The number of hydrogen-bond acceptors (Lipinski definition) is 7. The van der Waals surface area contributed by atoms with Crippen LogP contribution in [-0.2, 0) is 17.6 Å². The molecular weight excluding hydrogens is 499 g/mol. The van der Waals surface area contributed by atoms with Crippen LogP contribution in [0.2, 0.25) is 0 Å². The van der Waals surface area contributed by atoms with Crippen molar-refractivity contribution in [2.45, 2.75) is 50.4 Å². The molecule has 2 atom stereocenters. The van der Waals surface area contributed by atoms with E-state index < -0.39 is 12.8 Å². The second-order valence-corrected chi connectivity index (χ2v) is 9.69. The number of nitrogens with one attached hydrogen (secondary N) is 3. The van der Waals surface area contributed by atoms with Crippen molar-refractivity contribution >= 4 is 17.8 Å². The molecule has 0 aliphatic carbocycles. The summed E-state index contributed by atoms with van der Waals surface area (Å²) in [6.45, 7) is 1.61. The number of anilines is 1. The van der Waals surface area contributed by atoms with Gasteiger partial charge in [-0.3, -0.25) is 4.79 Å². The average Bonchev–Trinajstić information content (AvgIpc) is 3.12. The van der Waals surface area contributed by atoms with Gasteiger partial charge in [0.05, 0.1) is 18.8 Å². The lowest BCUT2D eigenvalue weighted by atomic mass is 10.0. The predicted octanol–water partition coefficient (Wildman–Crippen LogP) is 3.83. The summed E-state index contributed by atoms with van der Waals surface area (Å²) in [5, 5.41) is 13.5. The Kier molecular flexibility index (Phi) is 9.22. The molecule has 0 bridgehead atoms. The summed E-state index contributed by atoms with van der Waals surface area (Å²) in [5.74, 6) is -0.146. The number of halogens is 3. The van der Waals surface area contributed by atoms with Gasteiger partial charge in [-0.15, -0.1) is 0 Å². The van der Waals surface area contributed by atoms with Gasteiger partial charge in [-0.05, 0) is 43.4 Å². The average molecular weight is 534 g/mol. The van der Waals surface area contributed by atoms with Crippen LogP contribution < -0.4 is 15.4 Å². The Balaban J connectivity index is 1.19. The zero-order valence-electron chi connectivity index (χ0n) is 21.4. The van der Waals surface area contributed by atoms with Gasteiger partial charge in [0.15, 0.2) is 6.61 Å². The lowest BCUT2D eigenvalue weighted by molar-refractivity contribution is -0.154. The first-order valence-corrected chi connectivity index (χ1v) is 12.9. The van der Waals surface area contributed by atoms with Crippen molar-refractivity contribution in [2.75, 3.05) is 45.2 Å². The number of carbonyl (C=O) groups excluding carboxylic acids is 1. The van der Waals surface area contributed by atoms with Crippen LogP contribution in [0.5, 0.6) is 5.88 Å². The third kappa shape index (κ3) is 7.67. The van der Waals surface area contributed by atoms with E-state index in [0.717, 1.165) is 67.8 Å². The minimum atomic E-state index is -4.39. The third-order valence-corrected chi connectivity index (χ3v) is 7.00. The number of pyridine rings is 1. The van der Waals surface area contributed by atoms with Gasteiger partial charge in [0.25, 0.3) is 5.91 Å². The van der Waals surface area contributed by atoms with Gasteiger partial charge >= 0.3 is 6.18 Å². The topological polar surface area (TPSA) is 99.6 Å². The van der Waals surface area contributed by atoms with Crippen molar-refractivity contribution in [2.24, 2.45) is 0 Å². The maximum Gasteiger partial charge on any atom is 0.422 e. The molecule has 11 heteroatoms. The van der Waals surface area contributed by atoms with Crippen molar-refractivity contribution < 1.29 is 27.4 Å². The first-order valence-electron chi connectivity index (χ1n) is 12.9. The van der Waals surface area contributed by atoms with E-state index in [4.69, 9.17) is 14.9 Å². The van der Waals surface area contributed by atoms with Crippen molar-refractivity contribution in [3.8, 4) is 5.88 Å². The molecule has 2 aliphatic rings. The summed E-state index contributed by atoms with van der Waals surface area (Å²) in [4.78, 5) is 19.4. The number of hydrogen-bond donors (Lipinski definition) is 3. The molecular formula is C27H34F3N5O3. The Labute approximate surface area is 220 Å². The molecule has 206 valence electrons. The summed E-state index contributed by atoms with van der Waals surface area (Å²) in [6.07, 6.45) is 1.00. The highest BCUT2D eigenvalue weighted by Crippen LogP contribution is 2.23. The van der Waals surface area contributed by atoms with Crippen molar-refractivity contribution in [3.05, 3.63) is 52.7 Å². The van der Waals surface area contributed by atoms with Crippen LogP contribution in [0.1, 0.15) is 46.4 Å². The maximum atomic E-state index is 12.7. The standard InChI is InChI=1S/C27H34F3N5O3/c1-32-24-14-19(2-3-20(24)15-31)26(36)33-21-5-6-22(37-16-21)9-12-35-11-8-18-4-7-25(34-23(18)10-13-35)38-17-27(28,29)30/h2-4,7,14-15,21-22,31-32H,5-6,8-13,16-17H2,1H3,(H,33,36)/t21-,22+/m0/s1. The van der Waals surface area contributed by atoms with E-state index in [0.29, 0.717) is 18.6 Å². The highest BCUT2D eigenvalue weighted by atomic mass is 19.4. The molecule has 2 aromatic rings. The molecule has 1 fully saturated rings. The number of amides is 1. The molecule has 8 nitrogen and oxygen atoms in total. The molecule has 1 saturated heterocycles. The first kappa shape index (κ1) is 27.8. The van der Waals surface area contributed by atoms with Gasteiger partial charge in [-0.2, -0.15) is 13.2 Å². The molecule has 1 aromatic heterocycles. The number of fused-ring (bicyclic) bond motifs is 1. The monoisotopic (exact) mass is 533 g/mol. The molecule has 0 radical (unpaired) electrons. The van der Waals surface area contributed by atoms with Crippen LogP contribution in [0.25, 0.3) is 0 Å². The highest BCUT2D eigenvalue weighted by Gasteiger charge is 2.29. The van der Waals surface area contributed by atoms with Gasteiger partial charge < -0.3 is 30.4 Å². The van der Waals surface area contributed by atoms with Gasteiger partial charge in [-0.1, -0.05) is 12.1 Å². The summed E-state index contributed by atoms with van der Waals surface area (Å²) in [6, 6.07) is 8.49. The minimum absolute atomic E-state index is 0.0117. The number of nitrogens with zero attached hydrogens (tertiary/aromatic N) is 2. The lowest BCUT2D eigenvalue weighted by Crippen LogP contribution is -2.43. The quantitative estimate of drug-likeness (QED) is 0.424. The highest BCUT2D eigenvalue weighted by molar-refractivity contribution is 5.97. The zero-order valence-corrected chi connectivity index (χ0v) is 21.4. The van der Waals surface area contributed by atoms with Crippen molar-refractivity contribution in [1.29, 1.82) is 5.41 Å². The van der Waals surface area contributed by atoms with Crippen molar-refractivity contribution in [1.82, 2.24) is 15.2 Å². The Bertz CT molecular complexity index is 1120. The largest absolute Gasteiger partial charge is 0.468 e. The normalized spacial score (nSPS) is 20.2.